The van der Waals surface area contributed by atoms with Crippen LogP contribution in [0.3, 0.4) is 0 Å². The minimum Gasteiger partial charge on any atom is -0.399 e. The molecule has 1 rings (SSSR count). The van der Waals surface area contributed by atoms with Crippen molar-refractivity contribution >= 4 is 16.5 Å². The van der Waals surface area contributed by atoms with Gasteiger partial charge < -0.3 is 10.5 Å². The van der Waals surface area contributed by atoms with Gasteiger partial charge in [-0.25, -0.2) is 0 Å². The fourth-order valence-electron chi connectivity index (χ4n) is 1.41. The molecule has 0 saturated heterocycles. The number of nitrogens with two attached hydrogens (primary N) is 1. The van der Waals surface area contributed by atoms with Gasteiger partial charge in [0.05, 0.1) is 10.8 Å². The Hall–Kier alpha value is -0.870. The van der Waals surface area contributed by atoms with Crippen LogP contribution >= 0.6 is 0 Å². The summed E-state index contributed by atoms with van der Waals surface area (Å²) in [5.74, 6) is 0.629. The van der Waals surface area contributed by atoms with Crippen LogP contribution in [0.1, 0.15) is 18.9 Å². The van der Waals surface area contributed by atoms with Crippen molar-refractivity contribution in [3.05, 3.63) is 23.8 Å². The lowest BCUT2D eigenvalue weighted by Gasteiger charge is -2.07. The van der Waals surface area contributed by atoms with Crippen molar-refractivity contribution < 1.29 is 8.95 Å². The lowest BCUT2D eigenvalue weighted by atomic mass is 10.2. The number of aryl methyl sites for hydroxylation is 1. The molecule has 1 atom stereocenters. The summed E-state index contributed by atoms with van der Waals surface area (Å²) >= 11 is 0. The molecule has 0 spiro atoms. The molecule has 0 amide bonds. The SMILES string of the molecule is CCOCCCS(=O)c1cc(N)ccc1C. The summed E-state index contributed by atoms with van der Waals surface area (Å²) in [4.78, 5) is 0.844. The number of anilines is 1. The maximum Gasteiger partial charge on any atom is 0.0533 e. The molecule has 16 heavy (non-hydrogen) atoms. The molecule has 3 nitrogen and oxygen atoms in total. The Kier molecular flexibility index (Phi) is 5.49. The number of hydrogen-bond donors (Lipinski definition) is 1. The molecule has 0 heterocycles. The Morgan fingerprint density at radius 1 is 1.44 bits per heavy atom. The van der Waals surface area contributed by atoms with E-state index in [1.165, 1.54) is 0 Å². The quantitative estimate of drug-likeness (QED) is 0.613. The first kappa shape index (κ1) is 13.2. The number of benzene rings is 1. The van der Waals surface area contributed by atoms with Crippen LogP contribution in [0.2, 0.25) is 0 Å². The van der Waals surface area contributed by atoms with E-state index in [1.54, 1.807) is 6.07 Å². The highest BCUT2D eigenvalue weighted by atomic mass is 32.2. The average Bonchev–Trinajstić information content (AvgIpc) is 2.27. The molecular formula is C12H19NO2S. The minimum atomic E-state index is -0.969. The number of rotatable bonds is 6. The first-order valence-electron chi connectivity index (χ1n) is 5.47. The van der Waals surface area contributed by atoms with Gasteiger partial charge in [0.2, 0.25) is 0 Å². The highest BCUT2D eigenvalue weighted by Crippen LogP contribution is 2.17. The first-order chi connectivity index (χ1) is 7.65. The van der Waals surface area contributed by atoms with E-state index >= 15 is 0 Å². The fraction of sp³-hybridized carbons (Fsp3) is 0.500. The van der Waals surface area contributed by atoms with Crippen LogP contribution in [-0.4, -0.2) is 23.2 Å². The van der Waals surface area contributed by atoms with Crippen LogP contribution in [0, 0.1) is 6.92 Å². The minimum absolute atomic E-state index is 0.629. The monoisotopic (exact) mass is 241 g/mol. The molecule has 1 aromatic rings. The van der Waals surface area contributed by atoms with Crippen LogP contribution in [0.15, 0.2) is 23.1 Å². The lowest BCUT2D eigenvalue weighted by molar-refractivity contribution is 0.149. The Balaban J connectivity index is 2.55. The topological polar surface area (TPSA) is 52.3 Å². The van der Waals surface area contributed by atoms with E-state index in [0.29, 0.717) is 24.7 Å². The van der Waals surface area contributed by atoms with Gasteiger partial charge in [0.1, 0.15) is 0 Å². The molecule has 0 aromatic heterocycles. The smallest absolute Gasteiger partial charge is 0.0533 e. The molecule has 2 N–H and O–H groups in total. The van der Waals surface area contributed by atoms with E-state index in [-0.39, 0.29) is 0 Å². The van der Waals surface area contributed by atoms with E-state index in [1.807, 2.05) is 26.0 Å². The maximum absolute atomic E-state index is 12.0. The van der Waals surface area contributed by atoms with Crippen molar-refractivity contribution in [1.82, 2.24) is 0 Å². The second-order valence-electron chi connectivity index (χ2n) is 3.63. The summed E-state index contributed by atoms with van der Waals surface area (Å²) in [6.07, 6.45) is 0.814. The standard InChI is InChI=1S/C12H19NO2S/c1-3-15-7-4-8-16(14)12-9-11(13)6-5-10(12)2/h5-6,9H,3-4,7-8,13H2,1-2H3. The molecule has 1 aromatic carbocycles. The lowest BCUT2D eigenvalue weighted by Crippen LogP contribution is -2.05. The number of hydrogen-bond acceptors (Lipinski definition) is 3. The second-order valence-corrected chi connectivity index (χ2v) is 5.16. The zero-order chi connectivity index (χ0) is 12.0. The molecule has 1 unspecified atom stereocenters. The van der Waals surface area contributed by atoms with Gasteiger partial charge in [-0.05, 0) is 38.0 Å². The van der Waals surface area contributed by atoms with Gasteiger partial charge in [-0.15, -0.1) is 0 Å². The molecule has 90 valence electrons. The average molecular weight is 241 g/mol. The normalized spacial score (nSPS) is 12.6. The van der Waals surface area contributed by atoms with E-state index < -0.39 is 10.8 Å². The van der Waals surface area contributed by atoms with Crippen LogP contribution in [0.4, 0.5) is 5.69 Å². The third-order valence-electron chi connectivity index (χ3n) is 2.28. The third kappa shape index (κ3) is 3.94. The Morgan fingerprint density at radius 2 is 2.19 bits per heavy atom. The summed E-state index contributed by atoms with van der Waals surface area (Å²) in [7, 11) is -0.969. The highest BCUT2D eigenvalue weighted by Gasteiger charge is 2.07. The van der Waals surface area contributed by atoms with Crippen LogP contribution < -0.4 is 5.73 Å². The van der Waals surface area contributed by atoms with Gasteiger partial charge in [0, 0.05) is 29.5 Å². The fourth-order valence-corrected chi connectivity index (χ4v) is 2.70. The summed E-state index contributed by atoms with van der Waals surface area (Å²) in [5, 5.41) is 0. The Morgan fingerprint density at radius 3 is 2.88 bits per heavy atom. The van der Waals surface area contributed by atoms with Gasteiger partial charge in [-0.2, -0.15) is 0 Å². The van der Waals surface area contributed by atoms with Crippen LogP contribution in [-0.2, 0) is 15.5 Å². The Bertz CT molecular complexity index is 366. The number of ether oxygens (including phenoxy) is 1. The van der Waals surface area contributed by atoms with Crippen molar-refractivity contribution in [2.45, 2.75) is 25.2 Å². The van der Waals surface area contributed by atoms with Gasteiger partial charge >= 0.3 is 0 Å². The molecule has 0 radical (unpaired) electrons. The molecule has 0 aliphatic carbocycles. The van der Waals surface area contributed by atoms with Gasteiger partial charge in [0.15, 0.2) is 0 Å². The second kappa shape index (κ2) is 6.66. The summed E-state index contributed by atoms with van der Waals surface area (Å²) < 4.78 is 17.2. The summed E-state index contributed by atoms with van der Waals surface area (Å²) in [5.41, 5.74) is 7.38. The van der Waals surface area contributed by atoms with Crippen LogP contribution in [0.25, 0.3) is 0 Å². The maximum atomic E-state index is 12.0. The van der Waals surface area contributed by atoms with E-state index in [0.717, 1.165) is 16.9 Å². The van der Waals surface area contributed by atoms with Crippen molar-refractivity contribution in [1.29, 1.82) is 0 Å². The zero-order valence-electron chi connectivity index (χ0n) is 9.86. The van der Waals surface area contributed by atoms with Crippen LogP contribution in [0.5, 0.6) is 0 Å². The molecule has 0 aliphatic rings. The molecular weight excluding hydrogens is 222 g/mol. The molecule has 0 fully saturated rings. The van der Waals surface area contributed by atoms with E-state index in [9.17, 15) is 4.21 Å². The molecule has 0 saturated carbocycles. The van der Waals surface area contributed by atoms with Gasteiger partial charge in [-0.1, -0.05) is 6.07 Å². The van der Waals surface area contributed by atoms with Crippen molar-refractivity contribution in [3.8, 4) is 0 Å². The van der Waals surface area contributed by atoms with E-state index in [2.05, 4.69) is 0 Å². The predicted molar refractivity (Wildman–Crippen MR) is 68.0 cm³/mol. The summed E-state index contributed by atoms with van der Waals surface area (Å²) in [6, 6.07) is 5.54. The van der Waals surface area contributed by atoms with E-state index in [4.69, 9.17) is 10.5 Å². The molecule has 0 aliphatic heterocycles. The molecule has 4 heteroatoms. The Labute approximate surface area is 99.4 Å². The van der Waals surface area contributed by atoms with Crippen molar-refractivity contribution in [3.63, 3.8) is 0 Å². The third-order valence-corrected chi connectivity index (χ3v) is 3.87. The predicted octanol–water partition coefficient (Wildman–Crippen LogP) is 2.11. The zero-order valence-corrected chi connectivity index (χ0v) is 10.7. The summed E-state index contributed by atoms with van der Waals surface area (Å²) in [6.45, 7) is 5.29. The number of nitrogen functional groups attached to an aromatic ring is 1. The largest absolute Gasteiger partial charge is 0.399 e. The van der Waals surface area contributed by atoms with Gasteiger partial charge in [0.25, 0.3) is 0 Å². The first-order valence-corrected chi connectivity index (χ1v) is 6.79. The highest BCUT2D eigenvalue weighted by molar-refractivity contribution is 7.85. The van der Waals surface area contributed by atoms with Crippen molar-refractivity contribution in [2.75, 3.05) is 24.7 Å². The van der Waals surface area contributed by atoms with Gasteiger partial charge in [-0.3, -0.25) is 4.21 Å². The van der Waals surface area contributed by atoms with Crippen molar-refractivity contribution in [2.24, 2.45) is 0 Å². The molecule has 0 bridgehead atoms.